The first kappa shape index (κ1) is 21.2. The molecule has 1 spiro atoms. The van der Waals surface area contributed by atoms with Gasteiger partial charge in [0, 0.05) is 12.7 Å². The molecule has 0 unspecified atom stereocenters. The lowest BCUT2D eigenvalue weighted by atomic mass is 9.74. The monoisotopic (exact) mass is 391 g/mol. The van der Waals surface area contributed by atoms with Gasteiger partial charge in [-0.1, -0.05) is 12.5 Å². The lowest BCUT2D eigenvalue weighted by Crippen LogP contribution is -2.46. The first-order valence-electron chi connectivity index (χ1n) is 10.5. The van der Waals surface area contributed by atoms with Crippen LogP contribution in [0.5, 0.6) is 0 Å². The number of esters is 1. The van der Waals surface area contributed by atoms with Gasteiger partial charge in [-0.25, -0.2) is 0 Å². The molecule has 0 radical (unpaired) electrons. The number of aliphatic hydroxyl groups excluding tert-OH is 2. The van der Waals surface area contributed by atoms with Crippen LogP contribution in [-0.2, 0) is 16.1 Å². The number of carbonyl (C=O) groups is 1. The number of hydrogen-bond donors (Lipinski definition) is 3. The SMILES string of the molecule is O=C1OC[C@@H](O)[C@@H](O)CCNCCCCC12CCN(Cc1ccccn1)CC2. The number of piperidine rings is 1. The number of hydrogen-bond acceptors (Lipinski definition) is 7. The summed E-state index contributed by atoms with van der Waals surface area (Å²) >= 11 is 0. The number of cyclic esters (lactones) is 1. The lowest BCUT2D eigenvalue weighted by molar-refractivity contribution is -0.165. The summed E-state index contributed by atoms with van der Waals surface area (Å²) in [6.07, 6.45) is 4.62. The first-order valence-corrected chi connectivity index (χ1v) is 10.5. The van der Waals surface area contributed by atoms with Crippen LogP contribution in [0, 0.1) is 5.41 Å². The Bertz CT molecular complexity index is 605. The van der Waals surface area contributed by atoms with E-state index in [9.17, 15) is 15.0 Å². The summed E-state index contributed by atoms with van der Waals surface area (Å²) < 4.78 is 5.48. The zero-order valence-electron chi connectivity index (χ0n) is 16.6. The molecule has 0 aliphatic carbocycles. The second-order valence-corrected chi connectivity index (χ2v) is 8.11. The first-order chi connectivity index (χ1) is 13.6. The van der Waals surface area contributed by atoms with Gasteiger partial charge in [-0.15, -0.1) is 0 Å². The van der Waals surface area contributed by atoms with E-state index in [0.717, 1.165) is 64.0 Å². The molecule has 156 valence electrons. The molecule has 2 fully saturated rings. The number of pyridine rings is 1. The van der Waals surface area contributed by atoms with Gasteiger partial charge >= 0.3 is 5.97 Å². The van der Waals surface area contributed by atoms with Crippen molar-refractivity contribution in [2.45, 2.75) is 57.3 Å². The van der Waals surface area contributed by atoms with Crippen molar-refractivity contribution in [1.29, 1.82) is 0 Å². The molecule has 0 aromatic carbocycles. The molecule has 0 bridgehead atoms. The molecule has 3 rings (SSSR count). The van der Waals surface area contributed by atoms with E-state index in [1.54, 1.807) is 6.20 Å². The Morgan fingerprint density at radius 3 is 2.71 bits per heavy atom. The Labute approximate surface area is 167 Å². The average Bonchev–Trinajstić information content (AvgIpc) is 2.73. The number of nitrogens with one attached hydrogen (secondary N) is 1. The van der Waals surface area contributed by atoms with Crippen molar-refractivity contribution in [1.82, 2.24) is 15.2 Å². The Hall–Kier alpha value is -1.54. The second-order valence-electron chi connectivity index (χ2n) is 8.11. The van der Waals surface area contributed by atoms with E-state index < -0.39 is 17.6 Å². The minimum absolute atomic E-state index is 0.139. The summed E-state index contributed by atoms with van der Waals surface area (Å²) in [7, 11) is 0. The van der Waals surface area contributed by atoms with Gasteiger partial charge in [0.25, 0.3) is 0 Å². The average molecular weight is 392 g/mol. The summed E-state index contributed by atoms with van der Waals surface area (Å²) in [4.78, 5) is 19.7. The Morgan fingerprint density at radius 2 is 1.96 bits per heavy atom. The summed E-state index contributed by atoms with van der Waals surface area (Å²) in [6, 6.07) is 5.93. The largest absolute Gasteiger partial charge is 0.462 e. The number of nitrogens with zero attached hydrogens (tertiary/aromatic N) is 2. The number of carbonyl (C=O) groups excluding carboxylic acids is 1. The van der Waals surface area contributed by atoms with Gasteiger partial charge in [0.2, 0.25) is 0 Å². The maximum atomic E-state index is 12.9. The molecule has 2 aliphatic heterocycles. The van der Waals surface area contributed by atoms with Crippen LogP contribution in [0.1, 0.15) is 44.2 Å². The van der Waals surface area contributed by atoms with Crippen LogP contribution in [-0.4, -0.2) is 71.1 Å². The molecule has 28 heavy (non-hydrogen) atoms. The molecule has 2 atom stereocenters. The van der Waals surface area contributed by atoms with E-state index in [1.165, 1.54) is 0 Å². The normalized spacial score (nSPS) is 28.0. The van der Waals surface area contributed by atoms with Gasteiger partial charge in [0.05, 0.1) is 17.2 Å². The van der Waals surface area contributed by atoms with Crippen LogP contribution in [0.25, 0.3) is 0 Å². The molecule has 1 aromatic heterocycles. The fraction of sp³-hybridized carbons (Fsp3) is 0.714. The highest BCUT2D eigenvalue weighted by atomic mass is 16.5. The van der Waals surface area contributed by atoms with Crippen molar-refractivity contribution >= 4 is 5.97 Å². The minimum Gasteiger partial charge on any atom is -0.462 e. The maximum absolute atomic E-state index is 12.9. The molecule has 1 aromatic rings. The maximum Gasteiger partial charge on any atom is 0.312 e. The predicted molar refractivity (Wildman–Crippen MR) is 105 cm³/mol. The van der Waals surface area contributed by atoms with Gasteiger partial charge in [-0.3, -0.25) is 14.7 Å². The predicted octanol–water partition coefficient (Wildman–Crippen LogP) is 1.09. The van der Waals surface area contributed by atoms with Gasteiger partial charge in [0.15, 0.2) is 0 Å². The molecule has 3 heterocycles. The van der Waals surface area contributed by atoms with Crippen molar-refractivity contribution in [2.75, 3.05) is 32.8 Å². The molecular weight excluding hydrogens is 358 g/mol. The van der Waals surface area contributed by atoms with Crippen molar-refractivity contribution in [3.8, 4) is 0 Å². The molecule has 7 heteroatoms. The third-order valence-corrected chi connectivity index (χ3v) is 6.06. The number of rotatable bonds is 2. The Kier molecular flexibility index (Phi) is 7.79. The molecule has 3 N–H and O–H groups in total. The van der Waals surface area contributed by atoms with Crippen molar-refractivity contribution < 1.29 is 19.7 Å². The van der Waals surface area contributed by atoms with Gasteiger partial charge in [0.1, 0.15) is 12.7 Å². The summed E-state index contributed by atoms with van der Waals surface area (Å²) in [5.41, 5.74) is 0.554. The van der Waals surface area contributed by atoms with Crippen LogP contribution < -0.4 is 5.32 Å². The molecule has 2 aliphatic rings. The highest BCUT2D eigenvalue weighted by Crippen LogP contribution is 2.38. The van der Waals surface area contributed by atoms with Crippen molar-refractivity contribution in [3.63, 3.8) is 0 Å². The van der Waals surface area contributed by atoms with Gasteiger partial charge in [-0.2, -0.15) is 0 Å². The summed E-state index contributed by atoms with van der Waals surface area (Å²) in [6.45, 7) is 3.82. The van der Waals surface area contributed by atoms with E-state index in [4.69, 9.17) is 4.74 Å². The summed E-state index contributed by atoms with van der Waals surface area (Å²) in [5.74, 6) is -0.219. The van der Waals surface area contributed by atoms with E-state index in [1.807, 2.05) is 18.2 Å². The molecule has 7 nitrogen and oxygen atoms in total. The fourth-order valence-corrected chi connectivity index (χ4v) is 4.12. The van der Waals surface area contributed by atoms with Gasteiger partial charge < -0.3 is 20.3 Å². The lowest BCUT2D eigenvalue weighted by Gasteiger charge is -2.40. The van der Waals surface area contributed by atoms with E-state index >= 15 is 0 Å². The quantitative estimate of drug-likeness (QED) is 0.650. The molecule has 2 saturated heterocycles. The van der Waals surface area contributed by atoms with Crippen LogP contribution in [0.15, 0.2) is 24.4 Å². The molecule has 0 amide bonds. The Balaban J connectivity index is 1.61. The zero-order valence-corrected chi connectivity index (χ0v) is 16.6. The molecule has 0 saturated carbocycles. The van der Waals surface area contributed by atoms with Crippen LogP contribution in [0.2, 0.25) is 0 Å². The van der Waals surface area contributed by atoms with E-state index in [0.29, 0.717) is 13.0 Å². The summed E-state index contributed by atoms with van der Waals surface area (Å²) in [5, 5.41) is 23.4. The second kappa shape index (κ2) is 10.3. The third-order valence-electron chi connectivity index (χ3n) is 6.06. The zero-order chi connectivity index (χ0) is 19.8. The Morgan fingerprint density at radius 1 is 1.14 bits per heavy atom. The van der Waals surface area contributed by atoms with Crippen LogP contribution in [0.3, 0.4) is 0 Å². The topological polar surface area (TPSA) is 94.9 Å². The highest BCUT2D eigenvalue weighted by Gasteiger charge is 2.42. The van der Waals surface area contributed by atoms with Crippen LogP contribution >= 0.6 is 0 Å². The van der Waals surface area contributed by atoms with E-state index in [-0.39, 0.29) is 12.6 Å². The van der Waals surface area contributed by atoms with Gasteiger partial charge in [-0.05, 0) is 70.4 Å². The standard InChI is InChI=1S/C21H33N3O4/c25-18-6-12-22-10-4-2-7-21(20(27)28-16-19(18)26)8-13-24(14-9-21)15-17-5-1-3-11-23-17/h1,3,5,11,18-19,22,25-26H,2,4,6-10,12-16H2/t18-,19+/m0/s1. The molecular formula is C21H33N3O4. The third kappa shape index (κ3) is 5.73. The van der Waals surface area contributed by atoms with E-state index in [2.05, 4.69) is 15.2 Å². The highest BCUT2D eigenvalue weighted by molar-refractivity contribution is 5.77. The fourth-order valence-electron chi connectivity index (χ4n) is 4.12. The van der Waals surface area contributed by atoms with Crippen molar-refractivity contribution in [3.05, 3.63) is 30.1 Å². The number of aliphatic hydroxyl groups is 2. The van der Waals surface area contributed by atoms with Crippen molar-refractivity contribution in [2.24, 2.45) is 5.41 Å². The van der Waals surface area contributed by atoms with Crippen LogP contribution in [0.4, 0.5) is 0 Å². The number of aromatic nitrogens is 1. The number of ether oxygens (including phenoxy) is 1. The minimum atomic E-state index is -1.03. The smallest absolute Gasteiger partial charge is 0.312 e. The number of likely N-dealkylation sites (tertiary alicyclic amines) is 1.